The smallest absolute Gasteiger partial charge is 0.276 e. The molecule has 0 radical (unpaired) electrons. The summed E-state index contributed by atoms with van der Waals surface area (Å²) >= 11 is 0. The Labute approximate surface area is 234 Å². The average molecular weight is 676 g/mol. The molecule has 0 aliphatic heterocycles. The second-order valence-electron chi connectivity index (χ2n) is 8.18. The van der Waals surface area contributed by atoms with Crippen LogP contribution in [0.25, 0.3) is 39.1 Å². The van der Waals surface area contributed by atoms with E-state index >= 15 is 0 Å². The molecular weight excluding hydrogens is 655 g/mol. The Morgan fingerprint density at radius 3 is 1.89 bits per heavy atom. The molecule has 0 saturated carbocycles. The Morgan fingerprint density at radius 2 is 1.26 bits per heavy atom. The maximum absolute atomic E-state index is 13.2. The largest absolute Gasteiger partial charge is 3.00 e. The van der Waals surface area contributed by atoms with Crippen molar-refractivity contribution < 1.29 is 28.9 Å². The van der Waals surface area contributed by atoms with Crippen LogP contribution in [0.4, 0.5) is 8.78 Å². The number of nitrogens with zero attached hydrogens (tertiary/aromatic N) is 2. The van der Waals surface area contributed by atoms with Crippen molar-refractivity contribution in [3.8, 4) is 39.1 Å². The van der Waals surface area contributed by atoms with Crippen molar-refractivity contribution in [1.82, 2.24) is 9.78 Å². The van der Waals surface area contributed by atoms with E-state index in [9.17, 15) is 8.78 Å². The van der Waals surface area contributed by atoms with Crippen LogP contribution in [0.1, 0.15) is 0 Å². The first-order valence-electron chi connectivity index (χ1n) is 11.7. The van der Waals surface area contributed by atoms with E-state index in [-0.39, 0.29) is 25.7 Å². The molecule has 6 rings (SSSR count). The third-order valence-corrected chi connectivity index (χ3v) is 5.68. The summed E-state index contributed by atoms with van der Waals surface area (Å²) in [5, 5.41) is 4.43. The van der Waals surface area contributed by atoms with Gasteiger partial charge in [-0.3, -0.25) is 13.5 Å². The minimum Gasteiger partial charge on any atom is -0.276 e. The fourth-order valence-corrected chi connectivity index (χ4v) is 3.82. The second kappa shape index (κ2) is 12.9. The van der Waals surface area contributed by atoms with Crippen molar-refractivity contribution in [3.05, 3.63) is 157 Å². The molecule has 6 aromatic rings. The van der Waals surface area contributed by atoms with E-state index in [1.807, 2.05) is 47.4 Å². The molecule has 5 heteroatoms. The van der Waals surface area contributed by atoms with Gasteiger partial charge >= 0.3 is 20.1 Å². The first kappa shape index (κ1) is 26.9. The fourth-order valence-electron chi connectivity index (χ4n) is 3.82. The van der Waals surface area contributed by atoms with Crippen molar-refractivity contribution in [2.45, 2.75) is 0 Å². The molecule has 0 aliphatic carbocycles. The Morgan fingerprint density at radius 1 is 0.632 bits per heavy atom. The molecule has 0 atom stereocenters. The molecule has 0 aliphatic rings. The van der Waals surface area contributed by atoms with E-state index in [1.54, 1.807) is 24.3 Å². The minimum atomic E-state index is -0.623. The van der Waals surface area contributed by atoms with Gasteiger partial charge in [0, 0.05) is 17.6 Å². The van der Waals surface area contributed by atoms with Crippen molar-refractivity contribution in [1.29, 1.82) is 0 Å². The number of halogens is 2. The summed E-state index contributed by atoms with van der Waals surface area (Å²) in [6, 6.07) is 44.2. The van der Waals surface area contributed by atoms with E-state index < -0.39 is 11.6 Å². The molecule has 0 spiro atoms. The third-order valence-electron chi connectivity index (χ3n) is 5.68. The van der Waals surface area contributed by atoms with Crippen LogP contribution < -0.4 is 0 Å². The molecule has 5 aromatic carbocycles. The molecule has 1 aromatic heterocycles. The van der Waals surface area contributed by atoms with Gasteiger partial charge in [-0.1, -0.05) is 60.7 Å². The third kappa shape index (κ3) is 6.57. The van der Waals surface area contributed by atoms with Gasteiger partial charge in [0.05, 0.1) is 6.20 Å². The molecule has 38 heavy (non-hydrogen) atoms. The van der Waals surface area contributed by atoms with Crippen molar-refractivity contribution >= 4 is 0 Å². The Balaban J connectivity index is 0.000000193. The van der Waals surface area contributed by atoms with E-state index in [4.69, 9.17) is 0 Å². The van der Waals surface area contributed by atoms with Crippen LogP contribution in [-0.4, -0.2) is 9.78 Å². The SMILES string of the molecule is Fc1c[c-]c(-c2[c-]cccc2)c(F)c1.[Ir+3].[c-]1ccccc1-n1cc(-c2ccc(-c3ccccc3)cc2)cn1. The predicted molar refractivity (Wildman–Crippen MR) is 143 cm³/mol. The van der Waals surface area contributed by atoms with E-state index in [0.717, 1.165) is 28.9 Å². The van der Waals surface area contributed by atoms with Crippen molar-refractivity contribution in [2.75, 3.05) is 0 Å². The van der Waals surface area contributed by atoms with Gasteiger partial charge in [0.25, 0.3) is 0 Å². The van der Waals surface area contributed by atoms with Crippen molar-refractivity contribution in [2.24, 2.45) is 0 Å². The van der Waals surface area contributed by atoms with Crippen LogP contribution in [0.5, 0.6) is 0 Å². The second-order valence-corrected chi connectivity index (χ2v) is 8.18. The summed E-state index contributed by atoms with van der Waals surface area (Å²) in [7, 11) is 0. The molecule has 0 amide bonds. The van der Waals surface area contributed by atoms with Crippen LogP contribution in [0, 0.1) is 29.8 Å². The Hall–Kier alpha value is -4.18. The van der Waals surface area contributed by atoms with Crippen LogP contribution in [0.2, 0.25) is 0 Å². The zero-order valence-corrected chi connectivity index (χ0v) is 22.5. The van der Waals surface area contributed by atoms with Gasteiger partial charge in [-0.15, -0.1) is 18.2 Å². The molecule has 0 unspecified atom stereocenters. The molecule has 1 heterocycles. The Kier molecular flexibility index (Phi) is 9.10. The van der Waals surface area contributed by atoms with Crippen LogP contribution in [0.15, 0.2) is 128 Å². The number of benzene rings is 5. The van der Waals surface area contributed by atoms with Crippen LogP contribution >= 0.6 is 0 Å². The van der Waals surface area contributed by atoms with E-state index in [0.29, 0.717) is 5.56 Å². The molecule has 186 valence electrons. The summed E-state index contributed by atoms with van der Waals surface area (Å²) in [5.41, 5.74) is 6.47. The van der Waals surface area contributed by atoms with Gasteiger partial charge < -0.3 is 0 Å². The zero-order chi connectivity index (χ0) is 25.5. The number of rotatable bonds is 4. The van der Waals surface area contributed by atoms with E-state index in [2.05, 4.69) is 71.8 Å². The van der Waals surface area contributed by atoms with Crippen LogP contribution in [-0.2, 0) is 20.1 Å². The quantitative estimate of drug-likeness (QED) is 0.172. The number of hydrogen-bond donors (Lipinski definition) is 0. The topological polar surface area (TPSA) is 17.8 Å². The zero-order valence-electron chi connectivity index (χ0n) is 20.1. The standard InChI is InChI=1S/C21H15N2.C12H6F2.Ir/c1-3-7-17(8-4-1)18-11-13-19(14-12-18)20-15-22-23(16-20)21-9-5-2-6-10-21;13-10-6-7-11(12(14)8-10)9-4-2-1-3-5-9;/h1-9,11-16H;1-4,6,8H;/q-1;-2;+3. The summed E-state index contributed by atoms with van der Waals surface area (Å²) in [5.74, 6) is -1.24. The summed E-state index contributed by atoms with van der Waals surface area (Å²) in [6.45, 7) is 0. The first-order chi connectivity index (χ1) is 18.2. The maximum Gasteiger partial charge on any atom is 3.00 e. The van der Waals surface area contributed by atoms with Gasteiger partial charge in [-0.25, -0.2) is 5.56 Å². The Bertz CT molecular complexity index is 1570. The normalized spacial score (nSPS) is 10.2. The van der Waals surface area contributed by atoms with Gasteiger partial charge in [0.15, 0.2) is 0 Å². The summed E-state index contributed by atoms with van der Waals surface area (Å²) in [4.78, 5) is 0. The average Bonchev–Trinajstić information content (AvgIpc) is 3.46. The fraction of sp³-hybridized carbons (Fsp3) is 0. The monoisotopic (exact) mass is 676 g/mol. The molecule has 0 fully saturated rings. The van der Waals surface area contributed by atoms with Gasteiger partial charge in [0.2, 0.25) is 0 Å². The first-order valence-corrected chi connectivity index (χ1v) is 11.7. The molecule has 0 saturated heterocycles. The van der Waals surface area contributed by atoms with Gasteiger partial charge in [0.1, 0.15) is 0 Å². The number of para-hydroxylation sites is 1. The van der Waals surface area contributed by atoms with E-state index in [1.165, 1.54) is 11.1 Å². The number of hydrogen-bond acceptors (Lipinski definition) is 1. The molecule has 0 bridgehead atoms. The number of aromatic nitrogens is 2. The summed E-state index contributed by atoms with van der Waals surface area (Å²) in [6.07, 6.45) is 3.92. The molecule has 0 N–H and O–H groups in total. The van der Waals surface area contributed by atoms with Gasteiger partial charge in [-0.05, 0) is 28.2 Å². The van der Waals surface area contributed by atoms with Crippen LogP contribution in [0.3, 0.4) is 0 Å². The molecule has 2 nitrogen and oxygen atoms in total. The minimum absolute atomic E-state index is 0. The maximum atomic E-state index is 13.2. The van der Waals surface area contributed by atoms with Crippen molar-refractivity contribution in [3.63, 3.8) is 0 Å². The molecular formula is C33H21F2IrN2. The predicted octanol–water partition coefficient (Wildman–Crippen LogP) is 8.24. The van der Waals surface area contributed by atoms with Gasteiger partial charge in [-0.2, -0.15) is 65.3 Å². The summed E-state index contributed by atoms with van der Waals surface area (Å²) < 4.78 is 27.7.